The maximum Gasteiger partial charge on any atom is 0.223 e. The number of nitrogens with one attached hydrogen (secondary N) is 1. The normalized spacial score (nSPS) is 31.3. The van der Waals surface area contributed by atoms with Crippen LogP contribution in [0.5, 0.6) is 0 Å². The van der Waals surface area contributed by atoms with Crippen molar-refractivity contribution in [3.05, 3.63) is 0 Å². The summed E-state index contributed by atoms with van der Waals surface area (Å²) in [6.07, 6.45) is 2.90. The van der Waals surface area contributed by atoms with Crippen LogP contribution in [0.2, 0.25) is 0 Å². The van der Waals surface area contributed by atoms with E-state index in [1.165, 1.54) is 0 Å². The van der Waals surface area contributed by atoms with Gasteiger partial charge in [0.05, 0.1) is 12.2 Å². The third-order valence-electron chi connectivity index (χ3n) is 2.75. The molecular formula is C11H22N2O2. The van der Waals surface area contributed by atoms with Crippen LogP contribution in [-0.4, -0.2) is 31.2 Å². The zero-order valence-corrected chi connectivity index (χ0v) is 9.66. The predicted octanol–water partition coefficient (Wildman–Crippen LogP) is 0.655. The number of hydrogen-bond donors (Lipinski definition) is 2. The number of hydrogen-bond acceptors (Lipinski definition) is 3. The molecule has 0 aromatic rings. The molecule has 1 saturated heterocycles. The molecule has 4 nitrogen and oxygen atoms in total. The van der Waals surface area contributed by atoms with Crippen LogP contribution in [-0.2, 0) is 9.53 Å². The lowest BCUT2D eigenvalue weighted by molar-refractivity contribution is -0.133. The zero-order chi connectivity index (χ0) is 11.3. The van der Waals surface area contributed by atoms with Crippen molar-refractivity contribution in [3.8, 4) is 0 Å². The SMILES string of the molecule is CC1CC(C(=O)NCCCN)CC(C)O1. The van der Waals surface area contributed by atoms with Gasteiger partial charge in [0.1, 0.15) is 0 Å². The highest BCUT2D eigenvalue weighted by Gasteiger charge is 2.29. The maximum atomic E-state index is 11.8. The molecule has 0 aromatic heterocycles. The lowest BCUT2D eigenvalue weighted by atomic mass is 9.92. The molecule has 88 valence electrons. The molecule has 0 radical (unpaired) electrons. The molecule has 2 atom stereocenters. The topological polar surface area (TPSA) is 64.4 Å². The van der Waals surface area contributed by atoms with Crippen LogP contribution in [0.3, 0.4) is 0 Å². The standard InChI is InChI=1S/C11H22N2O2/c1-8-6-10(7-9(2)15-8)11(14)13-5-3-4-12/h8-10H,3-7,12H2,1-2H3,(H,13,14). The molecular weight excluding hydrogens is 192 g/mol. The van der Waals surface area contributed by atoms with E-state index in [0.717, 1.165) is 19.3 Å². The first-order valence-electron chi connectivity index (χ1n) is 5.76. The highest BCUT2D eigenvalue weighted by Crippen LogP contribution is 2.24. The number of nitrogens with two attached hydrogens (primary N) is 1. The van der Waals surface area contributed by atoms with Gasteiger partial charge in [-0.2, -0.15) is 0 Å². The quantitative estimate of drug-likeness (QED) is 0.676. The molecule has 3 N–H and O–H groups in total. The molecule has 0 bridgehead atoms. The largest absolute Gasteiger partial charge is 0.376 e. The van der Waals surface area contributed by atoms with Gasteiger partial charge < -0.3 is 15.8 Å². The highest BCUT2D eigenvalue weighted by atomic mass is 16.5. The van der Waals surface area contributed by atoms with Crippen molar-refractivity contribution in [3.63, 3.8) is 0 Å². The molecule has 4 heteroatoms. The van der Waals surface area contributed by atoms with E-state index >= 15 is 0 Å². The van der Waals surface area contributed by atoms with Crippen LogP contribution >= 0.6 is 0 Å². The third kappa shape index (κ3) is 4.18. The van der Waals surface area contributed by atoms with E-state index < -0.39 is 0 Å². The van der Waals surface area contributed by atoms with E-state index in [2.05, 4.69) is 5.32 Å². The molecule has 2 unspecified atom stereocenters. The summed E-state index contributed by atoms with van der Waals surface area (Å²) in [6.45, 7) is 5.36. The zero-order valence-electron chi connectivity index (χ0n) is 9.66. The second-order valence-electron chi connectivity index (χ2n) is 4.36. The summed E-state index contributed by atoms with van der Waals surface area (Å²) >= 11 is 0. The van der Waals surface area contributed by atoms with E-state index in [1.807, 2.05) is 13.8 Å². The predicted molar refractivity (Wildman–Crippen MR) is 59.4 cm³/mol. The molecule has 1 amide bonds. The van der Waals surface area contributed by atoms with Gasteiger partial charge in [-0.15, -0.1) is 0 Å². The Kier molecular flexibility index (Phi) is 5.05. The van der Waals surface area contributed by atoms with E-state index in [0.29, 0.717) is 13.1 Å². The van der Waals surface area contributed by atoms with Gasteiger partial charge in [0, 0.05) is 12.5 Å². The molecule has 15 heavy (non-hydrogen) atoms. The van der Waals surface area contributed by atoms with Crippen molar-refractivity contribution < 1.29 is 9.53 Å². The number of rotatable bonds is 4. The second kappa shape index (κ2) is 6.08. The number of carbonyl (C=O) groups excluding carboxylic acids is 1. The summed E-state index contributed by atoms with van der Waals surface area (Å²) in [7, 11) is 0. The molecule has 1 rings (SSSR count). The average molecular weight is 214 g/mol. The number of carbonyl (C=O) groups is 1. The van der Waals surface area contributed by atoms with E-state index in [4.69, 9.17) is 10.5 Å². The van der Waals surface area contributed by atoms with Crippen LogP contribution in [0, 0.1) is 5.92 Å². The Hall–Kier alpha value is -0.610. The Labute approximate surface area is 91.5 Å². The minimum absolute atomic E-state index is 0.113. The first-order chi connectivity index (χ1) is 7.13. The Bertz CT molecular complexity index is 199. The monoisotopic (exact) mass is 214 g/mol. The van der Waals surface area contributed by atoms with Crippen LogP contribution in [0.25, 0.3) is 0 Å². The van der Waals surface area contributed by atoms with Gasteiger partial charge in [0.25, 0.3) is 0 Å². The van der Waals surface area contributed by atoms with Crippen LogP contribution in [0.15, 0.2) is 0 Å². The fourth-order valence-electron chi connectivity index (χ4n) is 2.08. The summed E-state index contributed by atoms with van der Waals surface area (Å²) in [5.41, 5.74) is 5.37. The molecule has 0 aliphatic carbocycles. The first kappa shape index (κ1) is 12.5. The molecule has 0 aromatic carbocycles. The molecule has 1 heterocycles. The number of ether oxygens (including phenoxy) is 1. The van der Waals surface area contributed by atoms with Gasteiger partial charge in [-0.1, -0.05) is 0 Å². The van der Waals surface area contributed by atoms with Crippen molar-refractivity contribution in [1.82, 2.24) is 5.32 Å². The summed E-state index contributed by atoms with van der Waals surface area (Å²) in [5, 5.41) is 2.92. The lowest BCUT2D eigenvalue weighted by Gasteiger charge is -2.31. The van der Waals surface area contributed by atoms with Crippen LogP contribution < -0.4 is 11.1 Å². The third-order valence-corrected chi connectivity index (χ3v) is 2.75. The molecule has 0 spiro atoms. The minimum Gasteiger partial charge on any atom is -0.376 e. The van der Waals surface area contributed by atoms with Gasteiger partial charge in [-0.3, -0.25) is 4.79 Å². The van der Waals surface area contributed by atoms with Crippen molar-refractivity contribution in [1.29, 1.82) is 0 Å². The van der Waals surface area contributed by atoms with Gasteiger partial charge in [0.15, 0.2) is 0 Å². The highest BCUT2D eigenvalue weighted by molar-refractivity contribution is 5.78. The van der Waals surface area contributed by atoms with Crippen molar-refractivity contribution in [2.45, 2.75) is 45.3 Å². The fraction of sp³-hybridized carbons (Fsp3) is 0.909. The second-order valence-corrected chi connectivity index (χ2v) is 4.36. The summed E-state index contributed by atoms with van der Waals surface area (Å²) in [5.74, 6) is 0.270. The van der Waals surface area contributed by atoms with E-state index in [9.17, 15) is 4.79 Å². The average Bonchev–Trinajstić information content (AvgIpc) is 2.16. The van der Waals surface area contributed by atoms with Gasteiger partial charge in [0.2, 0.25) is 5.91 Å². The molecule has 1 fully saturated rings. The Morgan fingerprint density at radius 1 is 1.40 bits per heavy atom. The minimum atomic E-state index is 0.113. The Morgan fingerprint density at radius 3 is 2.53 bits per heavy atom. The lowest BCUT2D eigenvalue weighted by Crippen LogP contribution is -2.39. The molecule has 0 saturated carbocycles. The molecule has 1 aliphatic heterocycles. The van der Waals surface area contributed by atoms with Gasteiger partial charge >= 0.3 is 0 Å². The summed E-state index contributed by atoms with van der Waals surface area (Å²) in [4.78, 5) is 11.8. The Morgan fingerprint density at radius 2 is 2.00 bits per heavy atom. The van der Waals surface area contributed by atoms with Gasteiger partial charge in [-0.25, -0.2) is 0 Å². The van der Waals surface area contributed by atoms with Crippen LogP contribution in [0.4, 0.5) is 0 Å². The molecule has 1 aliphatic rings. The summed E-state index contributed by atoms with van der Waals surface area (Å²) in [6, 6.07) is 0. The smallest absolute Gasteiger partial charge is 0.223 e. The van der Waals surface area contributed by atoms with Crippen molar-refractivity contribution in [2.24, 2.45) is 11.7 Å². The number of amides is 1. The van der Waals surface area contributed by atoms with E-state index in [1.54, 1.807) is 0 Å². The van der Waals surface area contributed by atoms with Gasteiger partial charge in [-0.05, 0) is 39.7 Å². The first-order valence-corrected chi connectivity index (χ1v) is 5.76. The Balaban J connectivity index is 2.31. The fourth-order valence-corrected chi connectivity index (χ4v) is 2.08. The van der Waals surface area contributed by atoms with Crippen LogP contribution in [0.1, 0.15) is 33.1 Å². The van der Waals surface area contributed by atoms with E-state index in [-0.39, 0.29) is 24.0 Å². The van der Waals surface area contributed by atoms with Crippen molar-refractivity contribution in [2.75, 3.05) is 13.1 Å². The van der Waals surface area contributed by atoms with Crippen molar-refractivity contribution >= 4 is 5.91 Å². The summed E-state index contributed by atoms with van der Waals surface area (Å²) < 4.78 is 5.59. The maximum absolute atomic E-state index is 11.8.